The predicted molar refractivity (Wildman–Crippen MR) is 112 cm³/mol. The highest BCUT2D eigenvalue weighted by molar-refractivity contribution is 7.80. The summed E-state index contributed by atoms with van der Waals surface area (Å²) in [5, 5.41) is 6.86. The van der Waals surface area contributed by atoms with Gasteiger partial charge in [0.05, 0.1) is 7.11 Å². The Bertz CT molecular complexity index is 1030. The fourth-order valence-electron chi connectivity index (χ4n) is 3.08. The molecule has 0 aliphatic carbocycles. The second kappa shape index (κ2) is 8.27. The molecule has 0 saturated carbocycles. The number of hydrogen-bond donors (Lipinski definition) is 2. The number of amides is 2. The van der Waals surface area contributed by atoms with Crippen LogP contribution < -0.4 is 15.6 Å². The van der Waals surface area contributed by atoms with Crippen LogP contribution in [0, 0.1) is 13.8 Å². The number of esters is 1. The minimum Gasteiger partial charge on any atom is -0.468 e. The molecule has 2 N–H and O–H groups in total. The summed E-state index contributed by atoms with van der Waals surface area (Å²) in [6.45, 7) is 3.34. The number of carbonyl (C=O) groups is 3. The molecule has 0 atom stereocenters. The van der Waals surface area contributed by atoms with E-state index in [9.17, 15) is 14.4 Å². The van der Waals surface area contributed by atoms with Gasteiger partial charge in [-0.3, -0.25) is 24.4 Å². The molecular weight excluding hydrogens is 392 g/mol. The van der Waals surface area contributed by atoms with E-state index in [0.717, 1.165) is 0 Å². The van der Waals surface area contributed by atoms with Gasteiger partial charge in [-0.2, -0.15) is 0 Å². The Hall–Kier alpha value is -3.46. The summed E-state index contributed by atoms with van der Waals surface area (Å²) < 4.78 is 6.42. The number of aromatic nitrogens is 1. The SMILES string of the molecule is COC(=O)CN(C(=O)c1ccccc1)n1c(C)cc(/C=C2/NC(=S)NC2=O)c1C. The smallest absolute Gasteiger partial charge is 0.327 e. The van der Waals surface area contributed by atoms with Gasteiger partial charge in [0.1, 0.15) is 12.2 Å². The molecule has 1 aliphatic heterocycles. The lowest BCUT2D eigenvalue weighted by Crippen LogP contribution is -2.45. The van der Waals surface area contributed by atoms with Gasteiger partial charge in [-0.05, 0) is 55.9 Å². The summed E-state index contributed by atoms with van der Waals surface area (Å²) in [4.78, 5) is 37.1. The standard InChI is InChI=1S/C20H20N4O4S/c1-12-9-15(10-16-18(26)22-20(29)21-16)13(2)24(12)23(11-17(25)28-3)19(27)14-7-5-4-6-8-14/h4-10H,11H2,1-3H3,(H2,21,22,26,29)/b16-10+. The zero-order valence-electron chi connectivity index (χ0n) is 16.2. The maximum atomic E-state index is 13.1. The van der Waals surface area contributed by atoms with Crippen molar-refractivity contribution in [2.75, 3.05) is 18.7 Å². The first-order valence-electron chi connectivity index (χ1n) is 8.78. The fourth-order valence-corrected chi connectivity index (χ4v) is 3.29. The van der Waals surface area contributed by atoms with E-state index >= 15 is 0 Å². The molecule has 0 spiro atoms. The van der Waals surface area contributed by atoms with Crippen molar-refractivity contribution in [2.24, 2.45) is 0 Å². The highest BCUT2D eigenvalue weighted by Crippen LogP contribution is 2.20. The third-order valence-electron chi connectivity index (χ3n) is 4.46. The van der Waals surface area contributed by atoms with Crippen LogP contribution in [0.15, 0.2) is 42.1 Å². The van der Waals surface area contributed by atoms with Crippen molar-refractivity contribution in [3.8, 4) is 0 Å². The van der Waals surface area contributed by atoms with Crippen LogP contribution in [0.3, 0.4) is 0 Å². The third kappa shape index (κ3) is 4.19. The van der Waals surface area contributed by atoms with Gasteiger partial charge in [0.2, 0.25) is 0 Å². The zero-order chi connectivity index (χ0) is 21.1. The molecule has 1 aromatic carbocycles. The van der Waals surface area contributed by atoms with Crippen LogP contribution >= 0.6 is 12.2 Å². The van der Waals surface area contributed by atoms with Gasteiger partial charge in [-0.15, -0.1) is 0 Å². The monoisotopic (exact) mass is 412 g/mol. The molecule has 1 aromatic heterocycles. The Morgan fingerprint density at radius 3 is 2.48 bits per heavy atom. The van der Waals surface area contributed by atoms with Crippen LogP contribution in [-0.2, 0) is 14.3 Å². The van der Waals surface area contributed by atoms with Crippen molar-refractivity contribution >= 4 is 41.2 Å². The molecule has 8 nitrogen and oxygen atoms in total. The van der Waals surface area contributed by atoms with Crippen molar-refractivity contribution in [2.45, 2.75) is 13.8 Å². The number of benzene rings is 1. The van der Waals surface area contributed by atoms with Crippen LogP contribution in [0.5, 0.6) is 0 Å². The van der Waals surface area contributed by atoms with E-state index in [2.05, 4.69) is 10.6 Å². The van der Waals surface area contributed by atoms with Crippen LogP contribution in [0.4, 0.5) is 0 Å². The van der Waals surface area contributed by atoms with E-state index in [0.29, 0.717) is 28.2 Å². The van der Waals surface area contributed by atoms with Crippen LogP contribution in [0.2, 0.25) is 0 Å². The van der Waals surface area contributed by atoms with Gasteiger partial charge in [0.25, 0.3) is 11.8 Å². The average Bonchev–Trinajstić information content (AvgIpc) is 3.17. The summed E-state index contributed by atoms with van der Waals surface area (Å²) in [6, 6.07) is 10.5. The number of methoxy groups -OCH3 is 1. The van der Waals surface area contributed by atoms with Crippen molar-refractivity contribution in [1.29, 1.82) is 0 Å². The highest BCUT2D eigenvalue weighted by atomic mass is 32.1. The van der Waals surface area contributed by atoms with E-state index in [1.54, 1.807) is 41.9 Å². The molecule has 1 aliphatic rings. The van der Waals surface area contributed by atoms with Crippen LogP contribution in [0.25, 0.3) is 6.08 Å². The first kappa shape index (κ1) is 20.3. The van der Waals surface area contributed by atoms with E-state index in [4.69, 9.17) is 17.0 Å². The number of ether oxygens (including phenoxy) is 1. The molecule has 0 radical (unpaired) electrons. The van der Waals surface area contributed by atoms with Gasteiger partial charge in [-0.25, -0.2) is 5.01 Å². The summed E-state index contributed by atoms with van der Waals surface area (Å²) in [5.41, 5.74) is 2.84. The van der Waals surface area contributed by atoms with Crippen molar-refractivity contribution < 1.29 is 19.1 Å². The molecule has 2 amide bonds. The molecule has 29 heavy (non-hydrogen) atoms. The molecule has 9 heteroatoms. The third-order valence-corrected chi connectivity index (χ3v) is 4.66. The van der Waals surface area contributed by atoms with Gasteiger partial charge in [-0.1, -0.05) is 18.2 Å². The number of nitrogens with zero attached hydrogens (tertiary/aromatic N) is 2. The largest absolute Gasteiger partial charge is 0.468 e. The van der Waals surface area contributed by atoms with Crippen LogP contribution in [0.1, 0.15) is 27.3 Å². The Morgan fingerprint density at radius 1 is 1.21 bits per heavy atom. The summed E-state index contributed by atoms with van der Waals surface area (Å²) >= 11 is 4.95. The number of hydrogen-bond acceptors (Lipinski definition) is 5. The molecular formula is C20H20N4O4S. The number of aryl methyl sites for hydroxylation is 1. The Balaban J connectivity index is 2.04. The quantitative estimate of drug-likeness (QED) is 0.438. The fraction of sp³-hybridized carbons (Fsp3) is 0.200. The molecule has 0 bridgehead atoms. The molecule has 3 rings (SSSR count). The zero-order valence-corrected chi connectivity index (χ0v) is 17.0. The number of rotatable bonds is 5. The number of nitrogens with one attached hydrogen (secondary N) is 2. The minimum atomic E-state index is -0.552. The van der Waals surface area contributed by atoms with Crippen LogP contribution in [-0.4, -0.2) is 41.2 Å². The van der Waals surface area contributed by atoms with E-state index in [1.807, 2.05) is 19.1 Å². The summed E-state index contributed by atoms with van der Waals surface area (Å²) in [5.74, 6) is -1.23. The topological polar surface area (TPSA) is 92.7 Å². The average molecular weight is 412 g/mol. The first-order valence-corrected chi connectivity index (χ1v) is 9.19. The van der Waals surface area contributed by atoms with Gasteiger partial charge in [0.15, 0.2) is 5.11 Å². The van der Waals surface area contributed by atoms with Crippen molar-refractivity contribution in [1.82, 2.24) is 15.3 Å². The lowest BCUT2D eigenvalue weighted by molar-refractivity contribution is -0.139. The van der Waals surface area contributed by atoms with Gasteiger partial charge >= 0.3 is 5.97 Å². The number of carbonyl (C=O) groups excluding carboxylic acids is 3. The Morgan fingerprint density at radius 2 is 1.90 bits per heavy atom. The van der Waals surface area contributed by atoms with E-state index in [1.165, 1.54) is 12.1 Å². The second-order valence-corrected chi connectivity index (χ2v) is 6.82. The molecule has 0 unspecified atom stereocenters. The highest BCUT2D eigenvalue weighted by Gasteiger charge is 2.26. The van der Waals surface area contributed by atoms with E-state index < -0.39 is 5.97 Å². The van der Waals surface area contributed by atoms with Gasteiger partial charge in [0, 0.05) is 17.0 Å². The summed E-state index contributed by atoms with van der Waals surface area (Å²) in [7, 11) is 1.27. The second-order valence-electron chi connectivity index (χ2n) is 6.41. The Kier molecular flexibility index (Phi) is 5.79. The lowest BCUT2D eigenvalue weighted by atomic mass is 10.2. The van der Waals surface area contributed by atoms with E-state index in [-0.39, 0.29) is 23.5 Å². The maximum absolute atomic E-state index is 13.1. The Labute approximate surface area is 173 Å². The molecule has 150 valence electrons. The maximum Gasteiger partial charge on any atom is 0.327 e. The molecule has 1 saturated heterocycles. The van der Waals surface area contributed by atoms with Gasteiger partial charge < -0.3 is 10.1 Å². The van der Waals surface area contributed by atoms with Crippen molar-refractivity contribution in [3.63, 3.8) is 0 Å². The summed E-state index contributed by atoms with van der Waals surface area (Å²) in [6.07, 6.45) is 1.65. The number of thiocarbonyl (C=S) groups is 1. The molecule has 2 aromatic rings. The molecule has 1 fully saturated rings. The first-order chi connectivity index (χ1) is 13.8. The van der Waals surface area contributed by atoms with Crippen molar-refractivity contribution in [3.05, 3.63) is 64.6 Å². The minimum absolute atomic E-state index is 0.238. The predicted octanol–water partition coefficient (Wildman–Crippen LogP) is 1.40. The molecule has 2 heterocycles. The normalized spacial score (nSPS) is 14.5. The lowest BCUT2D eigenvalue weighted by Gasteiger charge is -2.26.